The second-order valence-corrected chi connectivity index (χ2v) is 4.74. The van der Waals surface area contributed by atoms with Gasteiger partial charge >= 0.3 is 0 Å². The summed E-state index contributed by atoms with van der Waals surface area (Å²) >= 11 is -2.17. The van der Waals surface area contributed by atoms with Gasteiger partial charge in [-0.25, -0.2) is 8.60 Å². The molecule has 0 bridgehead atoms. The number of ether oxygens (including phenoxy) is 2. The molecule has 4 nitrogen and oxygen atoms in total. The molecule has 1 N–H and O–H groups in total. The molecule has 2 rings (SSSR count). The third-order valence-electron chi connectivity index (χ3n) is 2.57. The average molecular weight is 260 g/mol. The van der Waals surface area contributed by atoms with Gasteiger partial charge in [-0.1, -0.05) is 0 Å². The molecule has 1 aliphatic rings. The first-order chi connectivity index (χ1) is 8.16. The first-order valence-corrected chi connectivity index (χ1v) is 6.42. The summed E-state index contributed by atoms with van der Waals surface area (Å²) in [6, 6.07) is 3.78. The van der Waals surface area contributed by atoms with Crippen molar-refractivity contribution < 1.29 is 22.6 Å². The van der Waals surface area contributed by atoms with Crippen LogP contribution in [-0.2, 0) is 15.8 Å². The molecule has 0 amide bonds. The third-order valence-corrected chi connectivity index (χ3v) is 3.22. The Labute approximate surface area is 101 Å². The summed E-state index contributed by atoms with van der Waals surface area (Å²) in [5, 5.41) is 0. The van der Waals surface area contributed by atoms with Crippen LogP contribution >= 0.6 is 0 Å². The largest absolute Gasteiger partial charge is 0.487 e. The van der Waals surface area contributed by atoms with Gasteiger partial charge in [0.25, 0.3) is 0 Å². The van der Waals surface area contributed by atoms with E-state index in [-0.39, 0.29) is 16.7 Å². The molecule has 1 atom stereocenters. The highest BCUT2D eigenvalue weighted by atomic mass is 32.2. The van der Waals surface area contributed by atoms with Gasteiger partial charge in [0.05, 0.1) is 18.1 Å². The van der Waals surface area contributed by atoms with E-state index >= 15 is 0 Å². The Hall–Kier alpha value is -0.980. The summed E-state index contributed by atoms with van der Waals surface area (Å²) in [4.78, 5) is 0.0295. The zero-order valence-corrected chi connectivity index (χ0v) is 9.91. The summed E-state index contributed by atoms with van der Waals surface area (Å²) in [5.74, 6) is -0.498. The molecule has 0 aromatic heterocycles. The number of halogens is 1. The summed E-state index contributed by atoms with van der Waals surface area (Å²) in [5.41, 5.74) is 0. The second kappa shape index (κ2) is 5.57. The fourth-order valence-electron chi connectivity index (χ4n) is 1.66. The van der Waals surface area contributed by atoms with Crippen LogP contribution in [0.15, 0.2) is 23.1 Å². The van der Waals surface area contributed by atoms with Gasteiger partial charge < -0.3 is 14.0 Å². The Morgan fingerprint density at radius 1 is 1.41 bits per heavy atom. The Morgan fingerprint density at radius 2 is 2.12 bits per heavy atom. The first kappa shape index (κ1) is 12.5. The van der Waals surface area contributed by atoms with Crippen molar-refractivity contribution in [2.24, 2.45) is 0 Å². The van der Waals surface area contributed by atoms with Crippen LogP contribution in [0.25, 0.3) is 0 Å². The van der Waals surface area contributed by atoms with Gasteiger partial charge in [0, 0.05) is 12.8 Å². The Kier molecular flexibility index (Phi) is 4.09. The van der Waals surface area contributed by atoms with Gasteiger partial charge in [-0.05, 0) is 18.2 Å². The zero-order chi connectivity index (χ0) is 12.3. The summed E-state index contributed by atoms with van der Waals surface area (Å²) in [6.07, 6.45) is 1.41. The van der Waals surface area contributed by atoms with Crippen molar-refractivity contribution >= 4 is 11.1 Å². The minimum absolute atomic E-state index is 0.0295. The lowest BCUT2D eigenvalue weighted by atomic mass is 10.1. The molecule has 1 aromatic rings. The molecule has 1 aromatic carbocycles. The molecule has 6 heteroatoms. The van der Waals surface area contributed by atoms with Crippen LogP contribution in [0, 0.1) is 5.82 Å². The molecular formula is C11H13FO4S. The predicted octanol–water partition coefficient (Wildman–Crippen LogP) is 1.96. The molecule has 0 radical (unpaired) electrons. The molecule has 1 aliphatic heterocycles. The van der Waals surface area contributed by atoms with Gasteiger partial charge in [0.15, 0.2) is 22.6 Å². The fraction of sp³-hybridized carbons (Fsp3) is 0.455. The number of benzene rings is 1. The van der Waals surface area contributed by atoms with E-state index in [1.165, 1.54) is 12.1 Å². The van der Waals surface area contributed by atoms with Crippen LogP contribution in [0.4, 0.5) is 4.39 Å². The topological polar surface area (TPSA) is 55.8 Å². The SMILES string of the molecule is O=S(O)c1ccc(OC2CCOCC2)c(F)c1. The molecule has 0 aliphatic carbocycles. The van der Waals surface area contributed by atoms with Crippen molar-refractivity contribution in [1.29, 1.82) is 0 Å². The van der Waals surface area contributed by atoms with E-state index in [4.69, 9.17) is 14.0 Å². The maximum absolute atomic E-state index is 13.6. The number of hydrogen-bond donors (Lipinski definition) is 1. The van der Waals surface area contributed by atoms with Crippen molar-refractivity contribution in [2.45, 2.75) is 23.8 Å². The van der Waals surface area contributed by atoms with E-state index in [1.54, 1.807) is 0 Å². The van der Waals surface area contributed by atoms with Gasteiger partial charge in [-0.15, -0.1) is 0 Å². The predicted molar refractivity (Wildman–Crippen MR) is 59.9 cm³/mol. The summed E-state index contributed by atoms with van der Waals surface area (Å²) < 4.78 is 43.8. The van der Waals surface area contributed by atoms with Gasteiger partial charge in [-0.3, -0.25) is 0 Å². The Bertz CT molecular complexity index is 418. The minimum Gasteiger partial charge on any atom is -0.487 e. The normalized spacial score (nSPS) is 18.9. The molecule has 0 saturated carbocycles. The lowest BCUT2D eigenvalue weighted by Crippen LogP contribution is -2.26. The van der Waals surface area contributed by atoms with Crippen molar-refractivity contribution in [3.63, 3.8) is 0 Å². The lowest BCUT2D eigenvalue weighted by Gasteiger charge is -2.23. The van der Waals surface area contributed by atoms with E-state index in [1.807, 2.05) is 0 Å². The molecule has 0 spiro atoms. The van der Waals surface area contributed by atoms with Gasteiger partial charge in [0.2, 0.25) is 0 Å². The third kappa shape index (κ3) is 3.24. The Morgan fingerprint density at radius 3 is 2.71 bits per heavy atom. The standard InChI is InChI=1S/C11H13FO4S/c12-10-7-9(17(13)14)1-2-11(10)16-8-3-5-15-6-4-8/h1-2,7-8H,3-6H2,(H,13,14). The average Bonchev–Trinajstić information content (AvgIpc) is 2.33. The van der Waals surface area contributed by atoms with Crippen LogP contribution in [0.2, 0.25) is 0 Å². The quantitative estimate of drug-likeness (QED) is 0.844. The van der Waals surface area contributed by atoms with Crippen molar-refractivity contribution in [3.8, 4) is 5.75 Å². The highest BCUT2D eigenvalue weighted by Crippen LogP contribution is 2.23. The van der Waals surface area contributed by atoms with Crippen LogP contribution in [-0.4, -0.2) is 28.1 Å². The van der Waals surface area contributed by atoms with Crippen LogP contribution in [0.1, 0.15) is 12.8 Å². The zero-order valence-electron chi connectivity index (χ0n) is 9.10. The minimum atomic E-state index is -2.17. The molecule has 1 unspecified atom stereocenters. The molecule has 17 heavy (non-hydrogen) atoms. The van der Waals surface area contributed by atoms with Crippen molar-refractivity contribution in [3.05, 3.63) is 24.0 Å². The smallest absolute Gasteiger partial charge is 0.186 e. The maximum Gasteiger partial charge on any atom is 0.186 e. The monoisotopic (exact) mass is 260 g/mol. The van der Waals surface area contributed by atoms with E-state index in [2.05, 4.69) is 0 Å². The van der Waals surface area contributed by atoms with Gasteiger partial charge in [0.1, 0.15) is 6.10 Å². The lowest BCUT2D eigenvalue weighted by molar-refractivity contribution is 0.0240. The molecule has 1 fully saturated rings. The van der Waals surface area contributed by atoms with E-state index in [9.17, 15) is 8.60 Å². The van der Waals surface area contributed by atoms with E-state index in [0.29, 0.717) is 13.2 Å². The van der Waals surface area contributed by atoms with Crippen molar-refractivity contribution in [2.75, 3.05) is 13.2 Å². The second-order valence-electron chi connectivity index (χ2n) is 3.77. The van der Waals surface area contributed by atoms with Gasteiger partial charge in [-0.2, -0.15) is 0 Å². The highest BCUT2D eigenvalue weighted by Gasteiger charge is 2.17. The fourth-order valence-corrected chi connectivity index (χ4v) is 2.05. The summed E-state index contributed by atoms with van der Waals surface area (Å²) in [7, 11) is 0. The number of hydrogen-bond acceptors (Lipinski definition) is 3. The maximum atomic E-state index is 13.6. The van der Waals surface area contributed by atoms with Crippen LogP contribution in [0.3, 0.4) is 0 Å². The highest BCUT2D eigenvalue weighted by molar-refractivity contribution is 7.79. The summed E-state index contributed by atoms with van der Waals surface area (Å²) in [6.45, 7) is 1.23. The van der Waals surface area contributed by atoms with E-state index in [0.717, 1.165) is 18.9 Å². The molecule has 1 heterocycles. The molecular weight excluding hydrogens is 247 g/mol. The molecule has 1 saturated heterocycles. The number of rotatable bonds is 3. The van der Waals surface area contributed by atoms with E-state index < -0.39 is 16.9 Å². The Balaban J connectivity index is 2.08. The van der Waals surface area contributed by atoms with Crippen LogP contribution in [0.5, 0.6) is 5.75 Å². The van der Waals surface area contributed by atoms with Crippen LogP contribution < -0.4 is 4.74 Å². The first-order valence-electron chi connectivity index (χ1n) is 5.31. The molecule has 94 valence electrons. The van der Waals surface area contributed by atoms with Crippen molar-refractivity contribution in [1.82, 2.24) is 0 Å².